The van der Waals surface area contributed by atoms with Crippen molar-refractivity contribution in [3.63, 3.8) is 0 Å². The Kier molecular flexibility index (Phi) is 57.3. The zero-order valence-corrected chi connectivity index (χ0v) is 47.4. The minimum Gasteiger partial charge on any atom is -0.462 e. The van der Waals surface area contributed by atoms with Crippen LogP contribution in [0.5, 0.6) is 0 Å². The van der Waals surface area contributed by atoms with Crippen LogP contribution in [-0.4, -0.2) is 37.2 Å². The maximum atomic E-state index is 12.9. The Morgan fingerprint density at radius 2 is 0.542 bits per heavy atom. The highest BCUT2D eigenvalue weighted by Crippen LogP contribution is 2.16. The van der Waals surface area contributed by atoms with Gasteiger partial charge >= 0.3 is 17.9 Å². The average molecular weight is 1000 g/mol. The van der Waals surface area contributed by atoms with Crippen LogP contribution in [0.2, 0.25) is 0 Å². The van der Waals surface area contributed by atoms with E-state index in [1.165, 1.54) is 141 Å². The topological polar surface area (TPSA) is 78.9 Å². The average Bonchev–Trinajstić information content (AvgIpc) is 3.38. The van der Waals surface area contributed by atoms with Crippen molar-refractivity contribution in [3.8, 4) is 0 Å². The summed E-state index contributed by atoms with van der Waals surface area (Å²) in [5, 5.41) is 0. The highest BCUT2D eigenvalue weighted by Gasteiger charge is 2.19. The third-order valence-corrected chi connectivity index (χ3v) is 13.1. The molecule has 0 aliphatic heterocycles. The van der Waals surface area contributed by atoms with Gasteiger partial charge in [0.15, 0.2) is 6.10 Å². The summed E-state index contributed by atoms with van der Waals surface area (Å²) >= 11 is 0. The number of carbonyl (C=O) groups excluding carboxylic acids is 3. The number of unbranched alkanes of at least 4 members (excludes halogenated alkanes) is 30. The van der Waals surface area contributed by atoms with Crippen molar-refractivity contribution in [1.29, 1.82) is 0 Å². The first-order valence-corrected chi connectivity index (χ1v) is 30.6. The number of hydrogen-bond donors (Lipinski definition) is 0. The van der Waals surface area contributed by atoms with E-state index >= 15 is 0 Å². The van der Waals surface area contributed by atoms with Crippen molar-refractivity contribution < 1.29 is 28.6 Å². The Morgan fingerprint density at radius 1 is 0.292 bits per heavy atom. The van der Waals surface area contributed by atoms with Gasteiger partial charge in [0.1, 0.15) is 13.2 Å². The molecular weight excluding hydrogens is 889 g/mol. The van der Waals surface area contributed by atoms with Crippen LogP contribution in [0.3, 0.4) is 0 Å². The number of rotatable bonds is 55. The molecule has 0 aromatic heterocycles. The molecule has 0 N–H and O–H groups in total. The molecule has 6 nitrogen and oxygen atoms in total. The molecule has 0 amide bonds. The molecule has 0 saturated carbocycles. The summed E-state index contributed by atoms with van der Waals surface area (Å²) in [5.41, 5.74) is 0. The second kappa shape index (κ2) is 60.1. The smallest absolute Gasteiger partial charge is 0.306 e. The normalized spacial score (nSPS) is 12.7. The van der Waals surface area contributed by atoms with Crippen molar-refractivity contribution in [2.24, 2.45) is 0 Å². The van der Waals surface area contributed by atoms with E-state index in [4.69, 9.17) is 14.2 Å². The predicted octanol–water partition coefficient (Wildman–Crippen LogP) is 20.7. The maximum Gasteiger partial charge on any atom is 0.306 e. The van der Waals surface area contributed by atoms with E-state index < -0.39 is 6.10 Å². The maximum absolute atomic E-state index is 12.9. The molecule has 0 radical (unpaired) electrons. The van der Waals surface area contributed by atoms with Gasteiger partial charge in [0.25, 0.3) is 0 Å². The van der Waals surface area contributed by atoms with Gasteiger partial charge in [-0.25, -0.2) is 0 Å². The lowest BCUT2D eigenvalue weighted by Gasteiger charge is -2.18. The van der Waals surface area contributed by atoms with Gasteiger partial charge in [-0.1, -0.05) is 266 Å². The van der Waals surface area contributed by atoms with E-state index in [0.717, 1.165) is 116 Å². The third kappa shape index (κ3) is 57.5. The molecule has 0 spiro atoms. The van der Waals surface area contributed by atoms with E-state index in [-0.39, 0.29) is 31.1 Å². The van der Waals surface area contributed by atoms with E-state index in [1.54, 1.807) is 0 Å². The van der Waals surface area contributed by atoms with Crippen molar-refractivity contribution >= 4 is 17.9 Å². The largest absolute Gasteiger partial charge is 0.462 e. The highest BCUT2D eigenvalue weighted by molar-refractivity contribution is 5.71. The molecule has 0 aromatic carbocycles. The quantitative estimate of drug-likeness (QED) is 0.0261. The van der Waals surface area contributed by atoms with Crippen LogP contribution in [0, 0.1) is 0 Å². The van der Waals surface area contributed by atoms with Crippen molar-refractivity contribution in [2.45, 2.75) is 303 Å². The molecule has 0 aromatic rings. The predicted molar refractivity (Wildman–Crippen MR) is 311 cm³/mol. The standard InChI is InChI=1S/C66H114O6/c1-4-7-10-13-16-19-22-25-27-29-31-33-35-37-39-41-44-47-50-53-56-59-65(68)71-62-63(61-70-64(67)58-55-52-49-46-43-24-21-18-15-12-9-6-3)72-66(69)60-57-54-51-48-45-42-40-38-36-34-32-30-28-26-23-20-17-14-11-8-5-2/h7,10,16,19,23,25-27,30-33,36,38,63H,4-6,8-9,11-15,17-18,20-22,24,28-29,34-35,37,39-62H2,1-3H3/b10-7-,19-16-,26-23-,27-25-,32-30-,33-31-,38-36-. The SMILES string of the molecule is CC/C=C\C/C=C\C/C=C\C/C=C\CCCCCCCCCCC(=O)OCC(COC(=O)CCCCCCCCCCCCCC)OC(=O)CCCCCCCC/C=C\C/C=C\C/C=C\CCCCCCC. The summed E-state index contributed by atoms with van der Waals surface area (Å²) in [7, 11) is 0. The first-order chi connectivity index (χ1) is 35.5. The van der Waals surface area contributed by atoms with Gasteiger partial charge in [-0.05, 0) is 96.3 Å². The van der Waals surface area contributed by atoms with E-state index in [9.17, 15) is 14.4 Å². The summed E-state index contributed by atoms with van der Waals surface area (Å²) in [4.78, 5) is 38.2. The molecule has 0 bridgehead atoms. The number of ether oxygens (including phenoxy) is 3. The Balaban J connectivity index is 4.37. The summed E-state index contributed by atoms with van der Waals surface area (Å²) in [6.45, 7) is 6.52. The fraction of sp³-hybridized carbons (Fsp3) is 0.742. The number of esters is 3. The number of carbonyl (C=O) groups is 3. The Bertz CT molecular complexity index is 1380. The Hall–Kier alpha value is -3.41. The summed E-state index contributed by atoms with van der Waals surface area (Å²) < 4.78 is 16.9. The minimum absolute atomic E-state index is 0.0824. The molecule has 1 atom stereocenters. The first kappa shape index (κ1) is 68.6. The molecule has 0 heterocycles. The molecule has 0 aliphatic rings. The lowest BCUT2D eigenvalue weighted by Crippen LogP contribution is -2.30. The summed E-state index contributed by atoms with van der Waals surface area (Å²) in [5.74, 6) is -0.894. The van der Waals surface area contributed by atoms with E-state index in [2.05, 4.69) is 106 Å². The zero-order chi connectivity index (χ0) is 52.2. The summed E-state index contributed by atoms with van der Waals surface area (Å²) in [6, 6.07) is 0. The van der Waals surface area contributed by atoms with Crippen molar-refractivity contribution in [3.05, 3.63) is 85.1 Å². The molecule has 0 fully saturated rings. The van der Waals surface area contributed by atoms with Crippen LogP contribution in [0.25, 0.3) is 0 Å². The van der Waals surface area contributed by atoms with Crippen LogP contribution in [0.15, 0.2) is 85.1 Å². The monoisotopic (exact) mass is 1000 g/mol. The van der Waals surface area contributed by atoms with E-state index in [0.29, 0.717) is 19.3 Å². The van der Waals surface area contributed by atoms with Crippen molar-refractivity contribution in [1.82, 2.24) is 0 Å². The molecule has 414 valence electrons. The second-order valence-corrected chi connectivity index (χ2v) is 20.2. The Labute approximate surface area is 445 Å². The molecule has 6 heteroatoms. The van der Waals surface area contributed by atoms with Crippen LogP contribution >= 0.6 is 0 Å². The first-order valence-electron chi connectivity index (χ1n) is 30.6. The third-order valence-electron chi connectivity index (χ3n) is 13.1. The van der Waals surface area contributed by atoms with Crippen molar-refractivity contribution in [2.75, 3.05) is 13.2 Å². The van der Waals surface area contributed by atoms with Gasteiger partial charge in [-0.15, -0.1) is 0 Å². The fourth-order valence-electron chi connectivity index (χ4n) is 8.56. The van der Waals surface area contributed by atoms with Gasteiger partial charge < -0.3 is 14.2 Å². The lowest BCUT2D eigenvalue weighted by molar-refractivity contribution is -0.167. The summed E-state index contributed by atoms with van der Waals surface area (Å²) in [6.07, 6.45) is 78.6. The molecule has 0 rings (SSSR count). The second-order valence-electron chi connectivity index (χ2n) is 20.2. The molecule has 0 saturated heterocycles. The fourth-order valence-corrected chi connectivity index (χ4v) is 8.56. The van der Waals surface area contributed by atoms with Crippen LogP contribution in [0.1, 0.15) is 297 Å². The molecule has 72 heavy (non-hydrogen) atoms. The number of hydrogen-bond acceptors (Lipinski definition) is 6. The molecular formula is C66H114O6. The molecule has 1 unspecified atom stereocenters. The van der Waals surface area contributed by atoms with Gasteiger partial charge in [0.05, 0.1) is 0 Å². The zero-order valence-electron chi connectivity index (χ0n) is 47.4. The Morgan fingerprint density at radius 3 is 0.847 bits per heavy atom. The molecule has 0 aliphatic carbocycles. The van der Waals surface area contributed by atoms with Gasteiger partial charge in [0.2, 0.25) is 0 Å². The highest BCUT2D eigenvalue weighted by atomic mass is 16.6. The van der Waals surface area contributed by atoms with E-state index in [1.807, 2.05) is 0 Å². The van der Waals surface area contributed by atoms with Gasteiger partial charge in [-0.2, -0.15) is 0 Å². The number of allylic oxidation sites excluding steroid dienone is 14. The lowest BCUT2D eigenvalue weighted by atomic mass is 10.0. The van der Waals surface area contributed by atoms with Gasteiger partial charge in [0, 0.05) is 19.3 Å². The van der Waals surface area contributed by atoms with Crippen LogP contribution < -0.4 is 0 Å². The van der Waals surface area contributed by atoms with Gasteiger partial charge in [-0.3, -0.25) is 14.4 Å². The minimum atomic E-state index is -0.787. The van der Waals surface area contributed by atoms with Crippen LogP contribution in [-0.2, 0) is 28.6 Å². The van der Waals surface area contributed by atoms with Crippen LogP contribution in [0.4, 0.5) is 0 Å².